The monoisotopic (exact) mass is 273 g/mol. The molecule has 0 radical (unpaired) electrons. The predicted octanol–water partition coefficient (Wildman–Crippen LogP) is 4.54. The Morgan fingerprint density at radius 2 is 1.63 bits per heavy atom. The molecule has 0 saturated carbocycles. The number of thiophene rings is 1. The van der Waals surface area contributed by atoms with Crippen molar-refractivity contribution in [1.29, 1.82) is 0 Å². The lowest BCUT2D eigenvalue weighted by molar-refractivity contribution is 0.102. The van der Waals surface area contributed by atoms with E-state index in [2.05, 4.69) is 24.4 Å². The Balaban J connectivity index is 2.32. The van der Waals surface area contributed by atoms with Gasteiger partial charge in [-0.25, -0.2) is 0 Å². The fraction of sp³-hybridized carbons (Fsp3) is 0.312. The van der Waals surface area contributed by atoms with E-state index in [1.54, 1.807) is 11.3 Å². The van der Waals surface area contributed by atoms with E-state index in [0.29, 0.717) is 0 Å². The highest BCUT2D eigenvalue weighted by Crippen LogP contribution is 2.25. The molecule has 1 aromatic heterocycles. The minimum atomic E-state index is -0.0168. The first kappa shape index (κ1) is 13.8. The molecule has 0 atom stereocenters. The SMILES string of the molecule is Cc1cc(C)c(NC(=O)c2csc(C)c2C)c(C)c1. The maximum atomic E-state index is 12.3. The van der Waals surface area contributed by atoms with Crippen molar-refractivity contribution in [2.24, 2.45) is 0 Å². The van der Waals surface area contributed by atoms with Gasteiger partial charge in [-0.1, -0.05) is 17.7 Å². The molecule has 1 N–H and O–H groups in total. The highest BCUT2D eigenvalue weighted by molar-refractivity contribution is 7.10. The van der Waals surface area contributed by atoms with E-state index >= 15 is 0 Å². The number of aryl methyl sites for hydroxylation is 4. The topological polar surface area (TPSA) is 29.1 Å². The fourth-order valence-electron chi connectivity index (χ4n) is 2.30. The summed E-state index contributed by atoms with van der Waals surface area (Å²) in [6.07, 6.45) is 0. The molecule has 0 unspecified atom stereocenters. The van der Waals surface area contributed by atoms with Crippen LogP contribution in [0.3, 0.4) is 0 Å². The molecule has 0 saturated heterocycles. The van der Waals surface area contributed by atoms with Crippen molar-refractivity contribution in [2.45, 2.75) is 34.6 Å². The average molecular weight is 273 g/mol. The molecule has 2 aromatic rings. The lowest BCUT2D eigenvalue weighted by Gasteiger charge is -2.12. The Labute approximate surface area is 118 Å². The molecule has 0 fully saturated rings. The summed E-state index contributed by atoms with van der Waals surface area (Å²) in [5.74, 6) is -0.0168. The number of hydrogen-bond donors (Lipinski definition) is 1. The number of benzene rings is 1. The van der Waals surface area contributed by atoms with Crippen LogP contribution in [0.25, 0.3) is 0 Å². The van der Waals surface area contributed by atoms with E-state index in [-0.39, 0.29) is 5.91 Å². The van der Waals surface area contributed by atoms with E-state index in [9.17, 15) is 4.79 Å². The minimum absolute atomic E-state index is 0.0168. The van der Waals surface area contributed by atoms with E-state index in [1.807, 2.05) is 33.1 Å². The van der Waals surface area contributed by atoms with Crippen LogP contribution in [0.4, 0.5) is 5.69 Å². The lowest BCUT2D eigenvalue weighted by atomic mass is 10.0. The molecular weight excluding hydrogens is 254 g/mol. The first-order valence-corrected chi connectivity index (χ1v) is 7.22. The Hall–Kier alpha value is -1.61. The third kappa shape index (κ3) is 2.71. The van der Waals surface area contributed by atoms with Gasteiger partial charge in [0.15, 0.2) is 0 Å². The lowest BCUT2D eigenvalue weighted by Crippen LogP contribution is -2.14. The van der Waals surface area contributed by atoms with E-state index in [4.69, 9.17) is 0 Å². The molecule has 100 valence electrons. The number of rotatable bonds is 2. The second-order valence-corrected chi connectivity index (χ2v) is 6.14. The van der Waals surface area contributed by atoms with Crippen molar-refractivity contribution in [3.63, 3.8) is 0 Å². The summed E-state index contributed by atoms with van der Waals surface area (Å²) in [6, 6.07) is 4.18. The van der Waals surface area contributed by atoms with Gasteiger partial charge >= 0.3 is 0 Å². The summed E-state index contributed by atoms with van der Waals surface area (Å²) in [5, 5.41) is 4.97. The zero-order chi connectivity index (χ0) is 14.2. The molecule has 3 heteroatoms. The first-order chi connectivity index (χ1) is 8.90. The van der Waals surface area contributed by atoms with Crippen molar-refractivity contribution >= 4 is 22.9 Å². The fourth-order valence-corrected chi connectivity index (χ4v) is 3.16. The average Bonchev–Trinajstić information content (AvgIpc) is 2.64. The molecule has 2 rings (SSSR count). The Morgan fingerprint density at radius 3 is 2.11 bits per heavy atom. The van der Waals surface area contributed by atoms with Gasteiger partial charge in [-0.2, -0.15) is 0 Å². The number of nitrogens with one attached hydrogen (secondary N) is 1. The Bertz CT molecular complexity index is 617. The summed E-state index contributed by atoms with van der Waals surface area (Å²) < 4.78 is 0. The predicted molar refractivity (Wildman–Crippen MR) is 82.4 cm³/mol. The quantitative estimate of drug-likeness (QED) is 0.855. The molecule has 1 amide bonds. The van der Waals surface area contributed by atoms with Gasteiger partial charge in [0.2, 0.25) is 0 Å². The van der Waals surface area contributed by atoms with Crippen LogP contribution in [-0.4, -0.2) is 5.91 Å². The van der Waals surface area contributed by atoms with Gasteiger partial charge in [0.25, 0.3) is 5.91 Å². The maximum absolute atomic E-state index is 12.3. The first-order valence-electron chi connectivity index (χ1n) is 6.34. The molecule has 0 aliphatic rings. The summed E-state index contributed by atoms with van der Waals surface area (Å²) in [5.41, 5.74) is 6.21. The van der Waals surface area contributed by atoms with Crippen molar-refractivity contribution < 1.29 is 4.79 Å². The molecular formula is C16H19NOS. The highest BCUT2D eigenvalue weighted by Gasteiger charge is 2.14. The number of carbonyl (C=O) groups excluding carboxylic acids is 1. The highest BCUT2D eigenvalue weighted by atomic mass is 32.1. The smallest absolute Gasteiger partial charge is 0.256 e. The van der Waals surface area contributed by atoms with Crippen molar-refractivity contribution in [2.75, 3.05) is 5.32 Å². The number of amides is 1. The van der Waals surface area contributed by atoms with Gasteiger partial charge in [0.05, 0.1) is 5.56 Å². The molecule has 1 heterocycles. The molecule has 0 aliphatic carbocycles. The van der Waals surface area contributed by atoms with Gasteiger partial charge < -0.3 is 5.32 Å². The number of hydrogen-bond acceptors (Lipinski definition) is 2. The standard InChI is InChI=1S/C16H19NOS/c1-9-6-10(2)15(11(3)7-9)17-16(18)14-8-19-13(5)12(14)4/h6-8H,1-5H3,(H,17,18). The van der Waals surface area contributed by atoms with Crippen LogP contribution in [0.2, 0.25) is 0 Å². The van der Waals surface area contributed by atoms with Crippen LogP contribution in [0.1, 0.15) is 37.5 Å². The summed E-state index contributed by atoms with van der Waals surface area (Å²) >= 11 is 1.62. The van der Waals surface area contributed by atoms with E-state index in [1.165, 1.54) is 10.4 Å². The van der Waals surface area contributed by atoms with Crippen LogP contribution >= 0.6 is 11.3 Å². The summed E-state index contributed by atoms with van der Waals surface area (Å²) in [6.45, 7) is 10.2. The van der Waals surface area contributed by atoms with Crippen LogP contribution < -0.4 is 5.32 Å². The van der Waals surface area contributed by atoms with Gasteiger partial charge in [-0.3, -0.25) is 4.79 Å². The van der Waals surface area contributed by atoms with Gasteiger partial charge in [0, 0.05) is 15.9 Å². The number of anilines is 1. The molecule has 2 nitrogen and oxygen atoms in total. The number of carbonyl (C=O) groups is 1. The largest absolute Gasteiger partial charge is 0.321 e. The molecule has 0 spiro atoms. The second-order valence-electron chi connectivity index (χ2n) is 5.06. The van der Waals surface area contributed by atoms with E-state index in [0.717, 1.165) is 27.9 Å². The molecule has 19 heavy (non-hydrogen) atoms. The van der Waals surface area contributed by atoms with Gasteiger partial charge in [-0.05, 0) is 51.3 Å². The van der Waals surface area contributed by atoms with Crippen LogP contribution in [-0.2, 0) is 0 Å². The normalized spacial score (nSPS) is 10.6. The Morgan fingerprint density at radius 1 is 1.05 bits per heavy atom. The van der Waals surface area contributed by atoms with Crippen molar-refractivity contribution in [1.82, 2.24) is 0 Å². The molecule has 0 aliphatic heterocycles. The van der Waals surface area contributed by atoms with Gasteiger partial charge in [-0.15, -0.1) is 11.3 Å². The zero-order valence-electron chi connectivity index (χ0n) is 12.0. The van der Waals surface area contributed by atoms with E-state index < -0.39 is 0 Å². The third-order valence-electron chi connectivity index (χ3n) is 3.45. The maximum Gasteiger partial charge on any atom is 0.256 e. The zero-order valence-corrected chi connectivity index (χ0v) is 12.9. The third-order valence-corrected chi connectivity index (χ3v) is 4.46. The van der Waals surface area contributed by atoms with Crippen LogP contribution in [0, 0.1) is 34.6 Å². The second kappa shape index (κ2) is 5.17. The molecule has 1 aromatic carbocycles. The Kier molecular flexibility index (Phi) is 3.76. The minimum Gasteiger partial charge on any atom is -0.321 e. The van der Waals surface area contributed by atoms with Crippen LogP contribution in [0.15, 0.2) is 17.5 Å². The molecule has 0 bridgehead atoms. The van der Waals surface area contributed by atoms with Crippen molar-refractivity contribution in [3.8, 4) is 0 Å². The van der Waals surface area contributed by atoms with Crippen LogP contribution in [0.5, 0.6) is 0 Å². The summed E-state index contributed by atoms with van der Waals surface area (Å²) in [4.78, 5) is 13.5. The van der Waals surface area contributed by atoms with Crippen molar-refractivity contribution in [3.05, 3.63) is 50.2 Å². The van der Waals surface area contributed by atoms with Gasteiger partial charge in [0.1, 0.15) is 0 Å². The summed E-state index contributed by atoms with van der Waals surface area (Å²) in [7, 11) is 0.